The molecule has 3 aromatic heterocycles. The van der Waals surface area contributed by atoms with Crippen molar-refractivity contribution in [2.24, 2.45) is 0 Å². The average molecular weight is 446 g/mol. The molecule has 4 aromatic rings. The summed E-state index contributed by atoms with van der Waals surface area (Å²) in [6.07, 6.45) is 5.28. The summed E-state index contributed by atoms with van der Waals surface area (Å²) in [6, 6.07) is 15.2. The molecule has 0 atom stereocenters. The minimum absolute atomic E-state index is 0.117. The number of anilines is 1. The lowest BCUT2D eigenvalue weighted by Gasteiger charge is -2.10. The van der Waals surface area contributed by atoms with Crippen LogP contribution in [0.3, 0.4) is 0 Å². The van der Waals surface area contributed by atoms with Crippen LogP contribution in [0.1, 0.15) is 35.9 Å². The maximum absolute atomic E-state index is 12.8. The number of carbonyl (C=O) groups excluding carboxylic acids is 1. The van der Waals surface area contributed by atoms with Gasteiger partial charge in [0.1, 0.15) is 23.2 Å². The van der Waals surface area contributed by atoms with Gasteiger partial charge in [0.2, 0.25) is 5.91 Å². The van der Waals surface area contributed by atoms with E-state index in [2.05, 4.69) is 26.7 Å². The fourth-order valence-electron chi connectivity index (χ4n) is 3.37. The minimum atomic E-state index is -0.260. The first-order chi connectivity index (χ1) is 15.7. The Morgan fingerprint density at radius 1 is 1.22 bits per heavy atom. The van der Waals surface area contributed by atoms with E-state index >= 15 is 0 Å². The van der Waals surface area contributed by atoms with E-state index in [0.717, 1.165) is 30.1 Å². The molecule has 0 bridgehead atoms. The van der Waals surface area contributed by atoms with Gasteiger partial charge in [-0.25, -0.2) is 4.68 Å². The number of nitrogens with zero attached hydrogens (tertiary/aromatic N) is 6. The van der Waals surface area contributed by atoms with Gasteiger partial charge in [-0.2, -0.15) is 10.4 Å². The van der Waals surface area contributed by atoms with Gasteiger partial charge in [-0.05, 0) is 37.1 Å². The van der Waals surface area contributed by atoms with Gasteiger partial charge in [0.15, 0.2) is 11.0 Å². The number of benzene rings is 1. The summed E-state index contributed by atoms with van der Waals surface area (Å²) in [5.74, 6) is 2.36. The van der Waals surface area contributed by atoms with E-state index in [9.17, 15) is 10.1 Å². The standard InChI is InChI=1S/C22H19N7O2S/c23-11-16-12-24-29(17-5-2-1-3-6-17)20(16)25-19(30)14-32-22-27-26-21(15-8-9-15)28(22)13-18-7-4-10-31-18/h1-7,10,12,15H,8-9,13-14H2,(H,25,30). The topological polar surface area (TPSA) is 115 Å². The zero-order valence-corrected chi connectivity index (χ0v) is 17.8. The number of amides is 1. The monoisotopic (exact) mass is 445 g/mol. The Morgan fingerprint density at radius 2 is 2.06 bits per heavy atom. The van der Waals surface area contributed by atoms with Crippen molar-refractivity contribution in [3.05, 3.63) is 72.1 Å². The maximum Gasteiger partial charge on any atom is 0.236 e. The van der Waals surface area contributed by atoms with E-state index in [0.29, 0.717) is 29.0 Å². The number of thioether (sulfide) groups is 1. The van der Waals surface area contributed by atoms with Crippen LogP contribution in [-0.2, 0) is 11.3 Å². The molecule has 1 N–H and O–H groups in total. The van der Waals surface area contributed by atoms with E-state index in [1.807, 2.05) is 47.0 Å². The molecule has 9 nitrogen and oxygen atoms in total. The molecule has 1 aromatic carbocycles. The van der Waals surface area contributed by atoms with E-state index < -0.39 is 0 Å². The number of aromatic nitrogens is 5. The Balaban J connectivity index is 1.31. The molecule has 10 heteroatoms. The highest BCUT2D eigenvalue weighted by molar-refractivity contribution is 7.99. The van der Waals surface area contributed by atoms with Crippen molar-refractivity contribution in [3.63, 3.8) is 0 Å². The SMILES string of the molecule is N#Cc1cnn(-c2ccccc2)c1NC(=O)CSc1nnc(C2CC2)n1Cc1ccco1. The smallest absolute Gasteiger partial charge is 0.236 e. The lowest BCUT2D eigenvalue weighted by Crippen LogP contribution is -2.18. The summed E-state index contributed by atoms with van der Waals surface area (Å²) in [4.78, 5) is 12.8. The number of nitriles is 1. The van der Waals surface area contributed by atoms with Crippen LogP contribution in [0.5, 0.6) is 0 Å². The van der Waals surface area contributed by atoms with Crippen molar-refractivity contribution in [1.82, 2.24) is 24.5 Å². The Kier molecular flexibility index (Phi) is 5.47. The normalized spacial score (nSPS) is 13.1. The zero-order chi connectivity index (χ0) is 21.9. The van der Waals surface area contributed by atoms with Crippen LogP contribution in [0.4, 0.5) is 5.82 Å². The molecule has 0 saturated heterocycles. The second-order valence-electron chi connectivity index (χ2n) is 7.38. The quantitative estimate of drug-likeness (QED) is 0.412. The van der Waals surface area contributed by atoms with E-state index in [-0.39, 0.29) is 11.7 Å². The Bertz CT molecular complexity index is 1270. The summed E-state index contributed by atoms with van der Waals surface area (Å²) in [5, 5.41) is 25.8. The van der Waals surface area contributed by atoms with Gasteiger partial charge in [0, 0.05) is 5.92 Å². The molecule has 1 aliphatic carbocycles. The van der Waals surface area contributed by atoms with Crippen molar-refractivity contribution in [2.75, 3.05) is 11.1 Å². The van der Waals surface area contributed by atoms with E-state index in [1.165, 1.54) is 18.0 Å². The zero-order valence-electron chi connectivity index (χ0n) is 17.0. The Hall–Kier alpha value is -3.84. The predicted molar refractivity (Wildman–Crippen MR) is 117 cm³/mol. The fourth-order valence-corrected chi connectivity index (χ4v) is 4.12. The number of carbonyl (C=O) groups is 1. The largest absolute Gasteiger partial charge is 0.467 e. The first-order valence-electron chi connectivity index (χ1n) is 10.1. The Morgan fingerprint density at radius 3 is 2.78 bits per heavy atom. The molecular weight excluding hydrogens is 426 g/mol. The van der Waals surface area contributed by atoms with Crippen LogP contribution in [0.25, 0.3) is 5.69 Å². The lowest BCUT2D eigenvalue weighted by atomic mass is 10.3. The molecule has 0 aliphatic heterocycles. The molecule has 1 amide bonds. The molecule has 3 heterocycles. The molecule has 0 unspecified atom stereocenters. The summed E-state index contributed by atoms with van der Waals surface area (Å²) in [7, 11) is 0. The van der Waals surface area contributed by atoms with Crippen molar-refractivity contribution >= 4 is 23.5 Å². The fraction of sp³-hybridized carbons (Fsp3) is 0.227. The molecule has 1 saturated carbocycles. The minimum Gasteiger partial charge on any atom is -0.467 e. The second-order valence-corrected chi connectivity index (χ2v) is 8.33. The molecule has 1 aliphatic rings. The van der Waals surface area contributed by atoms with Crippen molar-refractivity contribution in [3.8, 4) is 11.8 Å². The molecule has 32 heavy (non-hydrogen) atoms. The average Bonchev–Trinajstić information content (AvgIpc) is 3.20. The first kappa shape index (κ1) is 20.1. The van der Waals surface area contributed by atoms with Crippen molar-refractivity contribution in [2.45, 2.75) is 30.5 Å². The number of para-hydroxylation sites is 1. The number of hydrogen-bond acceptors (Lipinski definition) is 7. The highest BCUT2D eigenvalue weighted by Crippen LogP contribution is 2.40. The lowest BCUT2D eigenvalue weighted by molar-refractivity contribution is -0.113. The summed E-state index contributed by atoms with van der Waals surface area (Å²) < 4.78 is 9.05. The van der Waals surface area contributed by atoms with Crippen LogP contribution in [0, 0.1) is 11.3 Å². The second kappa shape index (κ2) is 8.72. The van der Waals surface area contributed by atoms with E-state index in [1.54, 1.807) is 10.9 Å². The number of hydrogen-bond donors (Lipinski definition) is 1. The highest BCUT2D eigenvalue weighted by Gasteiger charge is 2.31. The number of rotatable bonds is 8. The third-order valence-electron chi connectivity index (χ3n) is 5.06. The van der Waals surface area contributed by atoms with Crippen LogP contribution < -0.4 is 5.32 Å². The van der Waals surface area contributed by atoms with Gasteiger partial charge >= 0.3 is 0 Å². The third kappa shape index (κ3) is 4.15. The molecule has 0 radical (unpaired) electrons. The van der Waals surface area contributed by atoms with Gasteiger partial charge in [-0.3, -0.25) is 9.36 Å². The van der Waals surface area contributed by atoms with Gasteiger partial charge in [-0.15, -0.1) is 10.2 Å². The Labute approximate surface area is 188 Å². The number of furan rings is 1. The van der Waals surface area contributed by atoms with Gasteiger partial charge in [-0.1, -0.05) is 30.0 Å². The third-order valence-corrected chi connectivity index (χ3v) is 6.03. The van der Waals surface area contributed by atoms with Crippen LogP contribution in [-0.4, -0.2) is 36.2 Å². The maximum atomic E-state index is 12.8. The summed E-state index contributed by atoms with van der Waals surface area (Å²) in [5.41, 5.74) is 1.05. The summed E-state index contributed by atoms with van der Waals surface area (Å²) >= 11 is 1.30. The molecule has 160 valence electrons. The van der Waals surface area contributed by atoms with Gasteiger partial charge in [0.25, 0.3) is 0 Å². The molecule has 1 fully saturated rings. The van der Waals surface area contributed by atoms with Gasteiger partial charge in [0.05, 0.1) is 30.4 Å². The van der Waals surface area contributed by atoms with Gasteiger partial charge < -0.3 is 9.73 Å². The van der Waals surface area contributed by atoms with Crippen molar-refractivity contribution in [1.29, 1.82) is 5.26 Å². The van der Waals surface area contributed by atoms with Crippen molar-refractivity contribution < 1.29 is 9.21 Å². The van der Waals surface area contributed by atoms with Crippen LogP contribution in [0.2, 0.25) is 0 Å². The predicted octanol–water partition coefficient (Wildman–Crippen LogP) is 3.58. The molecule has 0 spiro atoms. The van der Waals surface area contributed by atoms with Crippen LogP contribution >= 0.6 is 11.8 Å². The van der Waals surface area contributed by atoms with E-state index in [4.69, 9.17) is 4.42 Å². The molecule has 5 rings (SSSR count). The van der Waals surface area contributed by atoms with Crippen LogP contribution in [0.15, 0.2) is 64.5 Å². The highest BCUT2D eigenvalue weighted by atomic mass is 32.2. The molecular formula is C22H19N7O2S. The number of nitrogens with one attached hydrogen (secondary N) is 1. The first-order valence-corrected chi connectivity index (χ1v) is 11.1. The summed E-state index contributed by atoms with van der Waals surface area (Å²) in [6.45, 7) is 0.523.